The molecular formula is C26H36Cl2N6O9S2. The van der Waals surface area contributed by atoms with Crippen molar-refractivity contribution < 1.29 is 41.1 Å². The number of carboxylic acids is 1. The minimum Gasteiger partial charge on any atom is -0.480 e. The number of rotatable bonds is 14. The average molecular weight is 712 g/mol. The van der Waals surface area contributed by atoms with Crippen LogP contribution in [0.25, 0.3) is 0 Å². The second-order valence-corrected chi connectivity index (χ2v) is 13.6. The number of ether oxygens (including phenoxy) is 1. The standard InChI is InChI=1S/C26H35ClN6O9S2.ClH/c1-4-42-26(37)19(11-10-17-8-6-5-7-9-17)29-16(2)25(36)33(15-24(34)35)32(3)14-23-30-20-12-18(27)21(43(28,38)39)13-22(20)44(40,41)31-23;/h5-9,12-13,16,19,23,29-31H,4,10-11,14-15H2,1-3H3,(H,34,35)(H2,28,38,39);1H/t16-,19-,23?;/m0./s1. The summed E-state index contributed by atoms with van der Waals surface area (Å²) >= 11 is 6.03. The van der Waals surface area contributed by atoms with Crippen molar-refractivity contribution in [3.63, 3.8) is 0 Å². The zero-order valence-corrected chi connectivity index (χ0v) is 27.8. The minimum atomic E-state index is -4.32. The molecule has 6 N–H and O–H groups in total. The number of nitrogens with zero attached hydrogens (tertiary/aromatic N) is 2. The number of amides is 1. The van der Waals surface area contributed by atoms with Gasteiger partial charge >= 0.3 is 11.9 Å². The van der Waals surface area contributed by atoms with Crippen LogP contribution in [-0.4, -0.2) is 94.8 Å². The van der Waals surface area contributed by atoms with Crippen LogP contribution in [0.1, 0.15) is 25.8 Å². The number of fused-ring (bicyclic) bond motifs is 1. The normalized spacial score (nSPS) is 16.8. The molecule has 0 aromatic heterocycles. The van der Waals surface area contributed by atoms with Crippen molar-refractivity contribution >= 4 is 67.6 Å². The van der Waals surface area contributed by atoms with Crippen molar-refractivity contribution in [3.8, 4) is 0 Å². The highest BCUT2D eigenvalue weighted by Crippen LogP contribution is 2.33. The summed E-state index contributed by atoms with van der Waals surface area (Å²) in [5.74, 6) is -2.61. The van der Waals surface area contributed by atoms with Crippen molar-refractivity contribution in [1.82, 2.24) is 20.1 Å². The number of nitrogens with one attached hydrogen (secondary N) is 3. The second kappa shape index (κ2) is 16.0. The Morgan fingerprint density at radius 3 is 2.42 bits per heavy atom. The number of likely N-dealkylation sites (N-methyl/N-ethyl adjacent to an activating group) is 1. The van der Waals surface area contributed by atoms with Crippen LogP contribution < -0.4 is 20.5 Å². The number of aryl methyl sites for hydroxylation is 1. The van der Waals surface area contributed by atoms with Crippen LogP contribution >= 0.6 is 24.0 Å². The first kappa shape index (κ1) is 38.2. The fourth-order valence-electron chi connectivity index (χ4n) is 4.56. The third-order valence-corrected chi connectivity index (χ3v) is 9.50. The number of esters is 1. The molecule has 15 nitrogen and oxygen atoms in total. The van der Waals surface area contributed by atoms with E-state index < -0.39 is 72.5 Å². The zero-order valence-electron chi connectivity index (χ0n) is 24.6. The molecule has 45 heavy (non-hydrogen) atoms. The van der Waals surface area contributed by atoms with Crippen molar-refractivity contribution in [2.45, 2.75) is 54.7 Å². The summed E-state index contributed by atoms with van der Waals surface area (Å²) < 4.78 is 57.1. The number of hydrazine groups is 1. The number of anilines is 1. The number of hydrogen-bond donors (Lipinski definition) is 5. The van der Waals surface area contributed by atoms with Crippen molar-refractivity contribution in [2.24, 2.45) is 5.14 Å². The van der Waals surface area contributed by atoms with Gasteiger partial charge < -0.3 is 15.2 Å². The van der Waals surface area contributed by atoms with E-state index in [2.05, 4.69) is 15.4 Å². The number of benzene rings is 2. The molecule has 1 aliphatic rings. The van der Waals surface area contributed by atoms with Crippen LogP contribution in [-0.2, 0) is 45.6 Å². The highest BCUT2D eigenvalue weighted by molar-refractivity contribution is 7.90. The van der Waals surface area contributed by atoms with E-state index in [9.17, 15) is 36.3 Å². The van der Waals surface area contributed by atoms with Gasteiger partial charge in [0, 0.05) is 7.05 Å². The molecule has 0 bridgehead atoms. The summed E-state index contributed by atoms with van der Waals surface area (Å²) in [5, 5.41) is 22.3. The fraction of sp³-hybridized carbons (Fsp3) is 0.423. The predicted molar refractivity (Wildman–Crippen MR) is 168 cm³/mol. The van der Waals surface area contributed by atoms with Crippen LogP contribution in [0, 0.1) is 0 Å². The maximum Gasteiger partial charge on any atom is 0.324 e. The molecule has 250 valence electrons. The Balaban J connectivity index is 0.00000705. The Morgan fingerprint density at radius 1 is 1.20 bits per heavy atom. The topological polar surface area (TPSA) is 218 Å². The molecule has 0 radical (unpaired) electrons. The lowest BCUT2D eigenvalue weighted by Gasteiger charge is -2.37. The van der Waals surface area contributed by atoms with Crippen LogP contribution in [0.2, 0.25) is 5.02 Å². The van der Waals surface area contributed by atoms with Crippen LogP contribution in [0.15, 0.2) is 52.3 Å². The number of nitrogens with two attached hydrogens (primary N) is 1. The first-order valence-electron chi connectivity index (χ1n) is 13.4. The van der Waals surface area contributed by atoms with Gasteiger partial charge in [0.15, 0.2) is 0 Å². The number of halogens is 2. The van der Waals surface area contributed by atoms with Gasteiger partial charge in [-0.1, -0.05) is 41.9 Å². The summed E-state index contributed by atoms with van der Waals surface area (Å²) in [6, 6.07) is 9.40. The van der Waals surface area contributed by atoms with Gasteiger partial charge in [0.25, 0.3) is 5.91 Å². The summed E-state index contributed by atoms with van der Waals surface area (Å²) in [6.45, 7) is 2.23. The molecule has 0 spiro atoms. The van der Waals surface area contributed by atoms with Crippen molar-refractivity contribution in [2.75, 3.05) is 32.1 Å². The number of hydrogen-bond acceptors (Lipinski definition) is 11. The van der Waals surface area contributed by atoms with Crippen molar-refractivity contribution in [1.29, 1.82) is 0 Å². The van der Waals surface area contributed by atoms with Gasteiger partial charge in [-0.2, -0.15) is 4.72 Å². The van der Waals surface area contributed by atoms with Crippen LogP contribution in [0.5, 0.6) is 0 Å². The van der Waals surface area contributed by atoms with Crippen molar-refractivity contribution in [3.05, 3.63) is 53.1 Å². The number of sulfonamides is 2. The first-order valence-corrected chi connectivity index (χ1v) is 16.8. The van der Waals surface area contributed by atoms with E-state index in [1.54, 1.807) is 6.92 Å². The molecule has 0 aliphatic carbocycles. The van der Waals surface area contributed by atoms with E-state index in [1.807, 2.05) is 30.3 Å². The number of primary sulfonamides is 1. The SMILES string of the molecule is CCOC(=O)[C@H](CCc1ccccc1)N[C@@H](C)C(=O)N(CC(=O)O)N(C)CC1Nc2cc(Cl)c(S(N)(=O)=O)cc2S(=O)(=O)N1.Cl. The highest BCUT2D eigenvalue weighted by atomic mass is 35.5. The molecule has 1 aliphatic heterocycles. The van der Waals surface area contributed by atoms with Crippen LogP contribution in [0.4, 0.5) is 5.69 Å². The minimum absolute atomic E-state index is 0. The molecule has 1 heterocycles. The number of carbonyl (C=O) groups excluding carboxylic acids is 2. The fourth-order valence-corrected chi connectivity index (χ4v) is 7.05. The van der Waals surface area contributed by atoms with Crippen LogP contribution in [0.3, 0.4) is 0 Å². The molecule has 3 atom stereocenters. The van der Waals surface area contributed by atoms with Gasteiger partial charge in [-0.25, -0.2) is 27.0 Å². The summed E-state index contributed by atoms with van der Waals surface area (Å²) in [4.78, 5) is 36.9. The van der Waals surface area contributed by atoms with E-state index in [4.69, 9.17) is 21.5 Å². The van der Waals surface area contributed by atoms with Gasteiger partial charge in [0.2, 0.25) is 20.0 Å². The first-order chi connectivity index (χ1) is 20.5. The molecule has 2 aromatic carbocycles. The molecule has 0 saturated heterocycles. The Labute approximate surface area is 272 Å². The van der Waals surface area contributed by atoms with Gasteiger partial charge in [-0.05, 0) is 44.4 Å². The number of carboxylic acid groups (broad SMARTS) is 1. The lowest BCUT2D eigenvalue weighted by molar-refractivity contribution is -0.159. The quantitative estimate of drug-likeness (QED) is 0.136. The molecule has 1 amide bonds. The predicted octanol–water partition coefficient (Wildman–Crippen LogP) is 0.742. The van der Waals surface area contributed by atoms with Gasteiger partial charge in [0.1, 0.15) is 28.5 Å². The number of aliphatic carboxylic acids is 1. The Bertz CT molecular complexity index is 1600. The highest BCUT2D eigenvalue weighted by Gasteiger charge is 2.35. The second-order valence-electron chi connectivity index (χ2n) is 9.99. The number of carbonyl (C=O) groups is 3. The maximum atomic E-state index is 13.5. The van der Waals surface area contributed by atoms with Gasteiger partial charge in [0.05, 0.1) is 29.9 Å². The Hall–Kier alpha value is -3.03. The Kier molecular flexibility index (Phi) is 13.6. The van der Waals surface area contributed by atoms with Gasteiger partial charge in [-0.15, -0.1) is 12.4 Å². The maximum absolute atomic E-state index is 13.5. The molecule has 1 unspecified atom stereocenters. The third-order valence-electron chi connectivity index (χ3n) is 6.61. The lowest BCUT2D eigenvalue weighted by Crippen LogP contribution is -2.59. The van der Waals surface area contributed by atoms with E-state index >= 15 is 0 Å². The average Bonchev–Trinajstić information content (AvgIpc) is 2.92. The van der Waals surface area contributed by atoms with E-state index in [0.29, 0.717) is 12.8 Å². The molecular weight excluding hydrogens is 675 g/mol. The third kappa shape index (κ3) is 10.2. The summed E-state index contributed by atoms with van der Waals surface area (Å²) in [6.07, 6.45) is -0.285. The molecule has 3 rings (SSSR count). The molecule has 0 fully saturated rings. The molecule has 0 saturated carbocycles. The summed E-state index contributed by atoms with van der Waals surface area (Å²) in [5.41, 5.74) is 0.947. The largest absolute Gasteiger partial charge is 0.480 e. The smallest absolute Gasteiger partial charge is 0.324 e. The van der Waals surface area contributed by atoms with E-state index in [-0.39, 0.29) is 36.3 Å². The lowest BCUT2D eigenvalue weighted by atomic mass is 10.0. The Morgan fingerprint density at radius 2 is 1.84 bits per heavy atom. The summed E-state index contributed by atoms with van der Waals surface area (Å²) in [7, 11) is -7.22. The van der Waals surface area contributed by atoms with E-state index in [1.165, 1.54) is 19.0 Å². The molecule has 2 aromatic rings. The monoisotopic (exact) mass is 710 g/mol. The molecule has 19 heteroatoms. The van der Waals surface area contributed by atoms with Gasteiger partial charge in [-0.3, -0.25) is 24.7 Å². The van der Waals surface area contributed by atoms with E-state index in [0.717, 1.165) is 22.7 Å². The zero-order chi connectivity index (χ0) is 32.8.